The molecule has 1 heterocycles. The zero-order valence-electron chi connectivity index (χ0n) is 15.1. The van der Waals surface area contributed by atoms with E-state index in [0.29, 0.717) is 10.0 Å². The summed E-state index contributed by atoms with van der Waals surface area (Å²) < 4.78 is 0. The Balaban J connectivity index is 2.18. The number of amides is 1. The molecule has 2 aromatic rings. The van der Waals surface area contributed by atoms with Crippen LogP contribution in [-0.2, 0) is 4.79 Å². The first-order valence-electron chi connectivity index (χ1n) is 8.48. The van der Waals surface area contributed by atoms with Crippen molar-refractivity contribution in [3.05, 3.63) is 57.1 Å². The number of phenolic OH excluding ortho intramolecular Hbond substituents is 1. The summed E-state index contributed by atoms with van der Waals surface area (Å²) in [7, 11) is 0. The number of aromatic hydroxyl groups is 1. The van der Waals surface area contributed by atoms with E-state index in [1.807, 2.05) is 33.8 Å². The number of phenols is 1. The van der Waals surface area contributed by atoms with E-state index in [2.05, 4.69) is 0 Å². The largest absolute Gasteiger partial charge is 0.508 e. The molecule has 138 valence electrons. The van der Waals surface area contributed by atoms with Crippen molar-refractivity contribution in [3.63, 3.8) is 0 Å². The summed E-state index contributed by atoms with van der Waals surface area (Å²) in [6.07, 6.45) is 0. The number of carbonyl (C=O) groups excluding carboxylic acids is 1. The number of halogens is 2. The molecular formula is C20H21Cl2NO2S. The molecule has 3 rings (SSSR count). The fourth-order valence-corrected chi connectivity index (χ4v) is 5.31. The number of thioether (sulfide) groups is 1. The second-order valence-corrected chi connectivity index (χ2v) is 9.07. The van der Waals surface area contributed by atoms with Crippen LogP contribution >= 0.6 is 35.0 Å². The molecule has 1 saturated heterocycles. The first-order valence-corrected chi connectivity index (χ1v) is 10.2. The Kier molecular flexibility index (Phi) is 5.48. The van der Waals surface area contributed by atoms with Crippen LogP contribution in [0.15, 0.2) is 30.3 Å². The van der Waals surface area contributed by atoms with Crippen LogP contribution in [0, 0.1) is 6.92 Å². The van der Waals surface area contributed by atoms with Crippen molar-refractivity contribution >= 4 is 46.6 Å². The minimum absolute atomic E-state index is 0.0134. The van der Waals surface area contributed by atoms with E-state index in [1.54, 1.807) is 29.2 Å². The fraction of sp³-hybridized carbons (Fsp3) is 0.350. The molecule has 0 aliphatic carbocycles. The molecule has 1 aliphatic rings. The van der Waals surface area contributed by atoms with E-state index in [0.717, 1.165) is 22.4 Å². The maximum Gasteiger partial charge on any atom is 0.241 e. The second-order valence-electron chi connectivity index (χ2n) is 6.83. The highest BCUT2D eigenvalue weighted by Crippen LogP contribution is 2.50. The molecule has 0 bridgehead atoms. The highest BCUT2D eigenvalue weighted by atomic mass is 35.5. The quantitative estimate of drug-likeness (QED) is 0.646. The standard InChI is InChI=1S/C20H21Cl2NO2S/c1-10(2)13-9-16(11(3)8-17(13)24)23-19(25)12(4)26-20(23)18-14(21)6-5-7-15(18)22/h5-10,12,20,24H,1-4H3. The predicted molar refractivity (Wildman–Crippen MR) is 111 cm³/mol. The SMILES string of the molecule is Cc1cc(O)c(C(C)C)cc1N1C(=O)C(C)SC1c1c(Cl)cccc1Cl. The summed E-state index contributed by atoms with van der Waals surface area (Å²) >= 11 is 14.4. The van der Waals surface area contributed by atoms with E-state index in [9.17, 15) is 9.90 Å². The maximum absolute atomic E-state index is 13.0. The summed E-state index contributed by atoms with van der Waals surface area (Å²) in [6, 6.07) is 9.00. The Morgan fingerprint density at radius 3 is 2.38 bits per heavy atom. The van der Waals surface area contributed by atoms with Crippen molar-refractivity contribution in [3.8, 4) is 5.75 Å². The number of carbonyl (C=O) groups is 1. The minimum Gasteiger partial charge on any atom is -0.508 e. The van der Waals surface area contributed by atoms with Gasteiger partial charge in [-0.05, 0) is 55.2 Å². The monoisotopic (exact) mass is 409 g/mol. The number of aryl methyl sites for hydroxylation is 1. The highest BCUT2D eigenvalue weighted by molar-refractivity contribution is 8.01. The number of nitrogens with zero attached hydrogens (tertiary/aromatic N) is 1. The van der Waals surface area contributed by atoms with Crippen molar-refractivity contribution in [1.29, 1.82) is 0 Å². The molecule has 1 fully saturated rings. The average Bonchev–Trinajstić information content (AvgIpc) is 2.82. The summed E-state index contributed by atoms with van der Waals surface area (Å²) in [5.74, 6) is 0.403. The van der Waals surface area contributed by atoms with Crippen LogP contribution in [0.25, 0.3) is 0 Å². The van der Waals surface area contributed by atoms with Gasteiger partial charge < -0.3 is 5.11 Å². The van der Waals surface area contributed by atoms with E-state index < -0.39 is 0 Å². The van der Waals surface area contributed by atoms with Crippen LogP contribution in [0.2, 0.25) is 10.0 Å². The zero-order valence-corrected chi connectivity index (χ0v) is 17.4. The summed E-state index contributed by atoms with van der Waals surface area (Å²) in [5, 5.41) is 10.8. The van der Waals surface area contributed by atoms with Crippen LogP contribution < -0.4 is 4.90 Å². The fourth-order valence-electron chi connectivity index (χ4n) is 3.23. The lowest BCUT2D eigenvalue weighted by molar-refractivity contribution is -0.117. The number of benzene rings is 2. The number of anilines is 1. The van der Waals surface area contributed by atoms with Gasteiger partial charge in [-0.25, -0.2) is 0 Å². The molecule has 2 aromatic carbocycles. The normalized spacial score (nSPS) is 20.3. The van der Waals surface area contributed by atoms with Crippen LogP contribution in [-0.4, -0.2) is 16.3 Å². The second kappa shape index (κ2) is 7.34. The molecule has 0 radical (unpaired) electrons. The van der Waals surface area contributed by atoms with Gasteiger partial charge in [0.05, 0.1) is 5.25 Å². The van der Waals surface area contributed by atoms with Gasteiger partial charge in [-0.15, -0.1) is 11.8 Å². The third kappa shape index (κ3) is 3.30. The Morgan fingerprint density at radius 1 is 1.19 bits per heavy atom. The van der Waals surface area contributed by atoms with Gasteiger partial charge in [0.1, 0.15) is 11.1 Å². The van der Waals surface area contributed by atoms with Crippen LogP contribution in [0.1, 0.15) is 48.8 Å². The molecule has 0 aromatic heterocycles. The third-order valence-electron chi connectivity index (χ3n) is 4.63. The van der Waals surface area contributed by atoms with E-state index in [1.165, 1.54) is 11.8 Å². The van der Waals surface area contributed by atoms with E-state index in [4.69, 9.17) is 23.2 Å². The van der Waals surface area contributed by atoms with Crippen LogP contribution in [0.5, 0.6) is 5.75 Å². The van der Waals surface area contributed by atoms with Crippen molar-refractivity contribution in [2.75, 3.05) is 4.90 Å². The Labute approximate surface area is 168 Å². The lowest BCUT2D eigenvalue weighted by atomic mass is 9.98. The Hall–Kier alpha value is -1.36. The van der Waals surface area contributed by atoms with Gasteiger partial charge in [-0.1, -0.05) is 43.1 Å². The summed E-state index contributed by atoms with van der Waals surface area (Å²) in [4.78, 5) is 14.8. The first-order chi connectivity index (χ1) is 12.2. The average molecular weight is 410 g/mol. The number of rotatable bonds is 3. The third-order valence-corrected chi connectivity index (χ3v) is 6.60. The summed E-state index contributed by atoms with van der Waals surface area (Å²) in [6.45, 7) is 7.81. The molecule has 3 nitrogen and oxygen atoms in total. The minimum atomic E-state index is -0.304. The molecule has 26 heavy (non-hydrogen) atoms. The molecule has 0 saturated carbocycles. The topological polar surface area (TPSA) is 40.5 Å². The molecule has 1 aliphatic heterocycles. The van der Waals surface area contributed by atoms with Gasteiger partial charge in [0.15, 0.2) is 0 Å². The van der Waals surface area contributed by atoms with Gasteiger partial charge in [-0.3, -0.25) is 9.69 Å². The number of hydrogen-bond acceptors (Lipinski definition) is 3. The first kappa shape index (κ1) is 19.4. The number of hydrogen-bond donors (Lipinski definition) is 1. The zero-order chi connectivity index (χ0) is 19.2. The van der Waals surface area contributed by atoms with Gasteiger partial charge in [0, 0.05) is 21.3 Å². The van der Waals surface area contributed by atoms with Gasteiger partial charge in [0.2, 0.25) is 5.91 Å². The van der Waals surface area contributed by atoms with E-state index >= 15 is 0 Å². The van der Waals surface area contributed by atoms with Crippen molar-refractivity contribution in [1.82, 2.24) is 0 Å². The van der Waals surface area contributed by atoms with Crippen molar-refractivity contribution in [2.24, 2.45) is 0 Å². The molecular weight excluding hydrogens is 389 g/mol. The lowest BCUT2D eigenvalue weighted by Crippen LogP contribution is -2.31. The van der Waals surface area contributed by atoms with E-state index in [-0.39, 0.29) is 28.2 Å². The van der Waals surface area contributed by atoms with Gasteiger partial charge in [-0.2, -0.15) is 0 Å². The molecule has 6 heteroatoms. The van der Waals surface area contributed by atoms with Gasteiger partial charge >= 0.3 is 0 Å². The van der Waals surface area contributed by atoms with Crippen LogP contribution in [0.3, 0.4) is 0 Å². The molecule has 1 amide bonds. The van der Waals surface area contributed by atoms with Crippen molar-refractivity contribution < 1.29 is 9.90 Å². The predicted octanol–water partition coefficient (Wildman–Crippen LogP) is 6.30. The van der Waals surface area contributed by atoms with Crippen LogP contribution in [0.4, 0.5) is 5.69 Å². The molecule has 1 N–H and O–H groups in total. The summed E-state index contributed by atoms with van der Waals surface area (Å²) in [5.41, 5.74) is 3.18. The highest BCUT2D eigenvalue weighted by Gasteiger charge is 2.42. The molecule has 0 spiro atoms. The van der Waals surface area contributed by atoms with Gasteiger partial charge in [0.25, 0.3) is 0 Å². The Morgan fingerprint density at radius 2 is 1.81 bits per heavy atom. The lowest BCUT2D eigenvalue weighted by Gasteiger charge is -2.28. The molecule has 2 atom stereocenters. The Bertz CT molecular complexity index is 849. The smallest absolute Gasteiger partial charge is 0.241 e. The van der Waals surface area contributed by atoms with Crippen molar-refractivity contribution in [2.45, 2.75) is 44.2 Å². The molecule has 2 unspecified atom stereocenters. The maximum atomic E-state index is 13.0.